The molecule has 1 rings (SSSR count). The summed E-state index contributed by atoms with van der Waals surface area (Å²) in [7, 11) is -3.52. The number of aryl methyl sites for hydroxylation is 1. The van der Waals surface area contributed by atoms with Crippen molar-refractivity contribution in [2.45, 2.75) is 32.6 Å². The van der Waals surface area contributed by atoms with E-state index in [2.05, 4.69) is 5.32 Å². The van der Waals surface area contributed by atoms with E-state index >= 15 is 0 Å². The number of benzene rings is 1. The van der Waals surface area contributed by atoms with Gasteiger partial charge in [-0.25, -0.2) is 8.42 Å². The number of nitrogens with zero attached hydrogens (tertiary/aromatic N) is 2. The minimum atomic E-state index is -3.52. The third-order valence-corrected chi connectivity index (χ3v) is 6.24. The van der Waals surface area contributed by atoms with Gasteiger partial charge >= 0.3 is 0 Å². The van der Waals surface area contributed by atoms with Crippen molar-refractivity contribution in [2.24, 2.45) is 0 Å². The van der Waals surface area contributed by atoms with E-state index in [4.69, 9.17) is 17.3 Å². The summed E-state index contributed by atoms with van der Waals surface area (Å²) < 4.78 is 26.7. The second kappa shape index (κ2) is 9.31. The van der Waals surface area contributed by atoms with Crippen molar-refractivity contribution in [3.05, 3.63) is 23.8 Å². The van der Waals surface area contributed by atoms with Crippen LogP contribution in [-0.2, 0) is 10.0 Å². The van der Waals surface area contributed by atoms with E-state index in [0.717, 1.165) is 5.56 Å². The van der Waals surface area contributed by atoms with Crippen molar-refractivity contribution in [1.82, 2.24) is 9.21 Å². The number of aliphatic hydroxyl groups excluding tert-OH is 1. The van der Waals surface area contributed by atoms with E-state index in [0.29, 0.717) is 37.0 Å². The summed E-state index contributed by atoms with van der Waals surface area (Å²) in [4.78, 5) is 2.06. The molecule has 1 aromatic carbocycles. The Kier molecular flexibility index (Phi) is 8.08. The molecule has 0 bridgehead atoms. The molecule has 2 N–H and O–H groups in total. The van der Waals surface area contributed by atoms with Crippen LogP contribution in [0.25, 0.3) is 0 Å². The first-order chi connectivity index (χ1) is 11.3. The van der Waals surface area contributed by atoms with Crippen LogP contribution in [0.2, 0.25) is 0 Å². The monoisotopic (exact) mass is 373 g/mol. The fourth-order valence-corrected chi connectivity index (χ4v) is 4.14. The van der Waals surface area contributed by atoms with Crippen LogP contribution >= 0.6 is 12.2 Å². The summed E-state index contributed by atoms with van der Waals surface area (Å²) in [6.07, 6.45) is 0. The van der Waals surface area contributed by atoms with Gasteiger partial charge in [-0.15, -0.1) is 0 Å². The maximum absolute atomic E-state index is 12.7. The molecule has 0 heterocycles. The molecule has 0 aromatic heterocycles. The van der Waals surface area contributed by atoms with Crippen LogP contribution in [0.15, 0.2) is 23.1 Å². The van der Waals surface area contributed by atoms with E-state index in [1.54, 1.807) is 18.2 Å². The molecule has 0 aliphatic rings. The Morgan fingerprint density at radius 1 is 1.21 bits per heavy atom. The zero-order valence-electron chi connectivity index (χ0n) is 14.7. The van der Waals surface area contributed by atoms with Crippen molar-refractivity contribution in [1.29, 1.82) is 0 Å². The van der Waals surface area contributed by atoms with Crippen LogP contribution in [0, 0.1) is 6.92 Å². The number of aliphatic hydroxyl groups is 1. The van der Waals surface area contributed by atoms with Crippen molar-refractivity contribution in [2.75, 3.05) is 38.1 Å². The average molecular weight is 374 g/mol. The Hall–Kier alpha value is -1.22. The van der Waals surface area contributed by atoms with Gasteiger partial charge in [0.15, 0.2) is 5.11 Å². The van der Waals surface area contributed by atoms with Gasteiger partial charge in [-0.3, -0.25) is 0 Å². The normalized spacial score (nSPS) is 11.6. The Balaban J connectivity index is 3.13. The molecule has 0 unspecified atom stereocenters. The first-order valence-electron chi connectivity index (χ1n) is 8.09. The predicted octanol–water partition coefficient (Wildman–Crippen LogP) is 2.04. The summed E-state index contributed by atoms with van der Waals surface area (Å²) in [5, 5.41) is 12.7. The number of likely N-dealkylation sites (N-methyl/N-ethyl adjacent to an activating group) is 1. The van der Waals surface area contributed by atoms with E-state index in [1.807, 2.05) is 32.6 Å². The van der Waals surface area contributed by atoms with Crippen LogP contribution < -0.4 is 5.32 Å². The van der Waals surface area contributed by atoms with E-state index in [1.165, 1.54) is 4.31 Å². The molecule has 136 valence electrons. The number of sulfonamides is 1. The Bertz CT molecular complexity index is 659. The minimum absolute atomic E-state index is 0.00498. The molecule has 0 saturated carbocycles. The molecule has 24 heavy (non-hydrogen) atoms. The first kappa shape index (κ1) is 20.8. The molecule has 0 aliphatic carbocycles. The summed E-state index contributed by atoms with van der Waals surface area (Å²) >= 11 is 5.36. The smallest absolute Gasteiger partial charge is 0.243 e. The zero-order valence-corrected chi connectivity index (χ0v) is 16.4. The Morgan fingerprint density at radius 3 is 2.33 bits per heavy atom. The van der Waals surface area contributed by atoms with Crippen LogP contribution in [0.4, 0.5) is 5.69 Å². The van der Waals surface area contributed by atoms with Crippen molar-refractivity contribution in [3.63, 3.8) is 0 Å². The standard InChI is InChI=1S/C16H27N3O3S2/c1-5-18(10-11-20)16(23)17-15-12-14(9-8-13(15)4)24(21,22)19(6-2)7-3/h8-9,12,20H,5-7,10-11H2,1-4H3,(H,17,23). The van der Waals surface area contributed by atoms with E-state index in [9.17, 15) is 8.42 Å². The van der Waals surface area contributed by atoms with Gasteiger partial charge in [-0.1, -0.05) is 19.9 Å². The first-order valence-corrected chi connectivity index (χ1v) is 9.94. The average Bonchev–Trinajstić information content (AvgIpc) is 2.55. The molecule has 0 amide bonds. The van der Waals surface area contributed by atoms with Crippen molar-refractivity contribution < 1.29 is 13.5 Å². The molecular weight excluding hydrogens is 346 g/mol. The Morgan fingerprint density at radius 2 is 1.83 bits per heavy atom. The van der Waals surface area contributed by atoms with Gasteiger partial charge in [-0.05, 0) is 43.8 Å². The number of hydrogen-bond donors (Lipinski definition) is 2. The van der Waals surface area contributed by atoms with Gasteiger partial charge < -0.3 is 15.3 Å². The number of thiocarbonyl (C=S) groups is 1. The van der Waals surface area contributed by atoms with Crippen molar-refractivity contribution in [3.8, 4) is 0 Å². The third kappa shape index (κ3) is 4.89. The molecule has 6 nitrogen and oxygen atoms in total. The highest BCUT2D eigenvalue weighted by Crippen LogP contribution is 2.23. The van der Waals surface area contributed by atoms with Gasteiger partial charge in [-0.2, -0.15) is 4.31 Å². The quantitative estimate of drug-likeness (QED) is 0.680. The molecule has 0 aliphatic heterocycles. The summed E-state index contributed by atoms with van der Waals surface area (Å²) in [6.45, 7) is 9.41. The van der Waals surface area contributed by atoms with Crippen molar-refractivity contribution >= 4 is 33.0 Å². The minimum Gasteiger partial charge on any atom is -0.395 e. The summed E-state index contributed by atoms with van der Waals surface area (Å²) in [5.41, 5.74) is 1.56. The molecule has 0 atom stereocenters. The van der Waals surface area contributed by atoms with Gasteiger partial charge in [0.25, 0.3) is 0 Å². The molecular formula is C16H27N3O3S2. The van der Waals surface area contributed by atoms with Crippen LogP contribution in [-0.4, -0.2) is 60.6 Å². The maximum atomic E-state index is 12.7. The fourth-order valence-electron chi connectivity index (χ4n) is 2.33. The van der Waals surface area contributed by atoms with E-state index in [-0.39, 0.29) is 11.5 Å². The van der Waals surface area contributed by atoms with Crippen LogP contribution in [0.3, 0.4) is 0 Å². The Labute approximate surface area is 150 Å². The van der Waals surface area contributed by atoms with E-state index < -0.39 is 10.0 Å². The highest BCUT2D eigenvalue weighted by atomic mass is 32.2. The summed E-state index contributed by atoms with van der Waals surface area (Å²) in [6, 6.07) is 4.99. The number of rotatable bonds is 8. The molecule has 0 spiro atoms. The molecule has 0 saturated heterocycles. The topological polar surface area (TPSA) is 72.9 Å². The fraction of sp³-hybridized carbons (Fsp3) is 0.562. The maximum Gasteiger partial charge on any atom is 0.243 e. The van der Waals surface area contributed by atoms with Gasteiger partial charge in [0, 0.05) is 31.9 Å². The van der Waals surface area contributed by atoms with Gasteiger partial charge in [0.1, 0.15) is 0 Å². The van der Waals surface area contributed by atoms with Gasteiger partial charge in [0.2, 0.25) is 10.0 Å². The number of nitrogens with one attached hydrogen (secondary N) is 1. The lowest BCUT2D eigenvalue weighted by molar-refractivity contribution is 0.254. The second-order valence-electron chi connectivity index (χ2n) is 5.30. The molecule has 8 heteroatoms. The molecule has 0 radical (unpaired) electrons. The number of hydrogen-bond acceptors (Lipinski definition) is 4. The lowest BCUT2D eigenvalue weighted by atomic mass is 10.2. The third-order valence-electron chi connectivity index (χ3n) is 3.83. The lowest BCUT2D eigenvalue weighted by Gasteiger charge is -2.24. The molecule has 1 aromatic rings. The molecule has 0 fully saturated rings. The predicted molar refractivity (Wildman–Crippen MR) is 102 cm³/mol. The van der Waals surface area contributed by atoms with Crippen LogP contribution in [0.1, 0.15) is 26.3 Å². The second-order valence-corrected chi connectivity index (χ2v) is 7.62. The highest BCUT2D eigenvalue weighted by molar-refractivity contribution is 7.89. The lowest BCUT2D eigenvalue weighted by Crippen LogP contribution is -2.36. The zero-order chi connectivity index (χ0) is 18.3. The largest absolute Gasteiger partial charge is 0.395 e. The number of anilines is 1. The SMILES string of the molecule is CCN(CCO)C(=S)Nc1cc(S(=O)(=O)N(CC)CC)ccc1C. The highest BCUT2D eigenvalue weighted by Gasteiger charge is 2.22. The van der Waals surface area contributed by atoms with Gasteiger partial charge in [0.05, 0.1) is 11.5 Å². The van der Waals surface area contributed by atoms with Crippen LogP contribution in [0.5, 0.6) is 0 Å². The summed E-state index contributed by atoms with van der Waals surface area (Å²) in [5.74, 6) is 0.